The summed E-state index contributed by atoms with van der Waals surface area (Å²) in [5.74, 6) is 0.715. The molecule has 7 nitrogen and oxygen atoms in total. The molecule has 14 heavy (non-hydrogen) atoms. The summed E-state index contributed by atoms with van der Waals surface area (Å²) in [6.45, 7) is 2.01. The number of hydrogen-bond donors (Lipinski definition) is 1. The van der Waals surface area contributed by atoms with Crippen molar-refractivity contribution in [1.29, 1.82) is 0 Å². The Hall–Kier alpha value is -1.21. The van der Waals surface area contributed by atoms with Gasteiger partial charge in [-0.3, -0.25) is 0 Å². The van der Waals surface area contributed by atoms with Gasteiger partial charge in [0.15, 0.2) is 0 Å². The van der Waals surface area contributed by atoms with Crippen molar-refractivity contribution in [2.45, 2.75) is 6.10 Å². The van der Waals surface area contributed by atoms with Gasteiger partial charge in [-0.25, -0.2) is 4.68 Å². The smallest absolute Gasteiger partial charge is 0.245 e. The van der Waals surface area contributed by atoms with Gasteiger partial charge in [0.05, 0.1) is 19.3 Å². The molecule has 2 heterocycles. The average molecular weight is 199 g/mol. The second-order valence-corrected chi connectivity index (χ2v) is 3.22. The average Bonchev–Trinajstić information content (AvgIpc) is 2.65. The third-order valence-electron chi connectivity index (χ3n) is 2.22. The Morgan fingerprint density at radius 1 is 1.64 bits per heavy atom. The van der Waals surface area contributed by atoms with Crippen LogP contribution >= 0.6 is 0 Å². The van der Waals surface area contributed by atoms with Crippen LogP contribution in [0.15, 0.2) is 0 Å². The fraction of sp³-hybridized carbons (Fsp3) is 0.857. The van der Waals surface area contributed by atoms with E-state index in [-0.39, 0.29) is 12.7 Å². The van der Waals surface area contributed by atoms with E-state index in [9.17, 15) is 0 Å². The van der Waals surface area contributed by atoms with E-state index in [4.69, 9.17) is 9.84 Å². The molecular weight excluding hydrogens is 186 g/mol. The Morgan fingerprint density at radius 3 is 3.14 bits per heavy atom. The van der Waals surface area contributed by atoms with E-state index < -0.39 is 0 Å². The molecule has 1 aliphatic rings. The zero-order valence-corrected chi connectivity index (χ0v) is 8.00. The van der Waals surface area contributed by atoms with Crippen LogP contribution in [0, 0.1) is 0 Å². The Kier molecular flexibility index (Phi) is 2.60. The molecule has 1 saturated heterocycles. The van der Waals surface area contributed by atoms with Crippen LogP contribution in [0.3, 0.4) is 0 Å². The van der Waals surface area contributed by atoms with Crippen molar-refractivity contribution in [3.63, 3.8) is 0 Å². The van der Waals surface area contributed by atoms with Crippen LogP contribution in [0.25, 0.3) is 0 Å². The lowest BCUT2D eigenvalue weighted by molar-refractivity contribution is 0.00297. The van der Waals surface area contributed by atoms with E-state index in [0.29, 0.717) is 19.1 Å². The second-order valence-electron chi connectivity index (χ2n) is 3.22. The Labute approximate surface area is 81.3 Å². The van der Waals surface area contributed by atoms with Crippen LogP contribution in [-0.2, 0) is 11.8 Å². The van der Waals surface area contributed by atoms with Crippen LogP contribution in [0.2, 0.25) is 0 Å². The molecular formula is C7H13N5O2. The molecule has 1 aromatic rings. The number of aliphatic hydroxyl groups excluding tert-OH is 1. The monoisotopic (exact) mass is 199 g/mol. The fourth-order valence-electron chi connectivity index (χ4n) is 1.50. The maximum absolute atomic E-state index is 8.97. The first-order valence-corrected chi connectivity index (χ1v) is 4.51. The third kappa shape index (κ3) is 1.68. The number of aliphatic hydroxyl groups is 1. The highest BCUT2D eigenvalue weighted by Crippen LogP contribution is 2.12. The van der Waals surface area contributed by atoms with Gasteiger partial charge in [-0.2, -0.15) is 0 Å². The Bertz CT molecular complexity index is 302. The number of hydrogen-bond acceptors (Lipinski definition) is 6. The van der Waals surface area contributed by atoms with Crippen LogP contribution in [0.1, 0.15) is 0 Å². The van der Waals surface area contributed by atoms with E-state index >= 15 is 0 Å². The zero-order valence-electron chi connectivity index (χ0n) is 8.00. The number of aryl methyl sites for hydroxylation is 1. The maximum Gasteiger partial charge on any atom is 0.245 e. The van der Waals surface area contributed by atoms with Gasteiger partial charge in [0.2, 0.25) is 5.95 Å². The highest BCUT2D eigenvalue weighted by atomic mass is 16.5. The molecule has 0 spiro atoms. The lowest BCUT2D eigenvalue weighted by Crippen LogP contribution is -2.45. The Balaban J connectivity index is 2.08. The van der Waals surface area contributed by atoms with E-state index in [1.165, 1.54) is 0 Å². The molecule has 0 aromatic carbocycles. The first kappa shape index (κ1) is 9.35. The van der Waals surface area contributed by atoms with Crippen molar-refractivity contribution in [3.05, 3.63) is 0 Å². The van der Waals surface area contributed by atoms with Gasteiger partial charge in [0.25, 0.3) is 0 Å². The van der Waals surface area contributed by atoms with Crippen LogP contribution in [-0.4, -0.2) is 57.7 Å². The SMILES string of the molecule is Cn1nnnc1N1CCOC(CO)C1. The minimum atomic E-state index is -0.138. The first-order chi connectivity index (χ1) is 6.81. The van der Waals surface area contributed by atoms with Gasteiger partial charge in [-0.1, -0.05) is 5.10 Å². The molecule has 2 rings (SSSR count). The summed E-state index contributed by atoms with van der Waals surface area (Å²) in [5.41, 5.74) is 0. The second kappa shape index (κ2) is 3.89. The summed E-state index contributed by atoms with van der Waals surface area (Å²) in [6, 6.07) is 0. The molecule has 78 valence electrons. The molecule has 0 amide bonds. The Morgan fingerprint density at radius 2 is 2.50 bits per heavy atom. The predicted octanol–water partition coefficient (Wildman–Crippen LogP) is -1.59. The summed E-state index contributed by atoms with van der Waals surface area (Å²) < 4.78 is 6.94. The molecule has 1 atom stereocenters. The molecule has 1 fully saturated rings. The van der Waals surface area contributed by atoms with Gasteiger partial charge in [-0.05, 0) is 10.4 Å². The summed E-state index contributed by atoms with van der Waals surface area (Å²) >= 11 is 0. The molecule has 1 unspecified atom stereocenters. The lowest BCUT2D eigenvalue weighted by atomic mass is 10.3. The van der Waals surface area contributed by atoms with E-state index in [0.717, 1.165) is 6.54 Å². The minimum Gasteiger partial charge on any atom is -0.394 e. The summed E-state index contributed by atoms with van der Waals surface area (Å²) in [5, 5.41) is 20.2. The standard InChI is InChI=1S/C7H13N5O2/c1-11-7(8-9-10-11)12-2-3-14-6(4-12)5-13/h6,13H,2-5H2,1H3. The van der Waals surface area contributed by atoms with Crippen molar-refractivity contribution >= 4 is 5.95 Å². The van der Waals surface area contributed by atoms with Crippen molar-refractivity contribution in [3.8, 4) is 0 Å². The van der Waals surface area contributed by atoms with Crippen molar-refractivity contribution in [2.75, 3.05) is 31.2 Å². The van der Waals surface area contributed by atoms with Gasteiger partial charge in [0.1, 0.15) is 0 Å². The molecule has 0 saturated carbocycles. The number of tetrazole rings is 1. The van der Waals surface area contributed by atoms with Crippen molar-refractivity contribution in [1.82, 2.24) is 20.2 Å². The molecule has 7 heteroatoms. The van der Waals surface area contributed by atoms with Gasteiger partial charge in [0, 0.05) is 20.1 Å². The molecule has 1 aliphatic heterocycles. The predicted molar refractivity (Wildman–Crippen MR) is 47.8 cm³/mol. The molecule has 0 radical (unpaired) electrons. The number of ether oxygens (including phenoxy) is 1. The van der Waals surface area contributed by atoms with Crippen molar-refractivity contribution < 1.29 is 9.84 Å². The van der Waals surface area contributed by atoms with Gasteiger partial charge in [-0.15, -0.1) is 0 Å². The number of anilines is 1. The topological polar surface area (TPSA) is 76.3 Å². The molecule has 1 N–H and O–H groups in total. The molecule has 0 aliphatic carbocycles. The molecule has 0 bridgehead atoms. The minimum absolute atomic E-state index is 0.0295. The highest BCUT2D eigenvalue weighted by Gasteiger charge is 2.22. The summed E-state index contributed by atoms with van der Waals surface area (Å²) in [7, 11) is 1.79. The maximum atomic E-state index is 8.97. The van der Waals surface area contributed by atoms with Crippen LogP contribution in [0.4, 0.5) is 5.95 Å². The fourth-order valence-corrected chi connectivity index (χ4v) is 1.50. The largest absolute Gasteiger partial charge is 0.394 e. The number of nitrogens with zero attached hydrogens (tertiary/aromatic N) is 5. The van der Waals surface area contributed by atoms with Crippen LogP contribution in [0.5, 0.6) is 0 Å². The summed E-state index contributed by atoms with van der Waals surface area (Å²) in [4.78, 5) is 2.00. The highest BCUT2D eigenvalue weighted by molar-refractivity contribution is 5.28. The number of aromatic nitrogens is 4. The van der Waals surface area contributed by atoms with E-state index in [1.807, 2.05) is 4.90 Å². The van der Waals surface area contributed by atoms with Gasteiger partial charge >= 0.3 is 0 Å². The van der Waals surface area contributed by atoms with Gasteiger partial charge < -0.3 is 14.7 Å². The van der Waals surface area contributed by atoms with Crippen molar-refractivity contribution in [2.24, 2.45) is 7.05 Å². The number of morpholine rings is 1. The third-order valence-corrected chi connectivity index (χ3v) is 2.22. The first-order valence-electron chi connectivity index (χ1n) is 4.51. The molecule has 1 aromatic heterocycles. The normalized spacial score (nSPS) is 22.7. The summed E-state index contributed by atoms with van der Waals surface area (Å²) in [6.07, 6.45) is -0.138. The van der Waals surface area contributed by atoms with Crippen LogP contribution < -0.4 is 4.90 Å². The quantitative estimate of drug-likeness (QED) is 0.618. The van der Waals surface area contributed by atoms with E-state index in [1.54, 1.807) is 11.7 Å². The number of rotatable bonds is 2. The van der Waals surface area contributed by atoms with E-state index in [2.05, 4.69) is 15.5 Å². The lowest BCUT2D eigenvalue weighted by Gasteiger charge is -2.31. The zero-order chi connectivity index (χ0) is 9.97.